The van der Waals surface area contributed by atoms with Crippen LogP contribution in [0.25, 0.3) is 0 Å². The molecule has 0 bridgehead atoms. The molecule has 4 heteroatoms. The van der Waals surface area contributed by atoms with Crippen molar-refractivity contribution in [2.24, 2.45) is 11.1 Å². The van der Waals surface area contributed by atoms with Gasteiger partial charge in [-0.05, 0) is 26.3 Å². The van der Waals surface area contributed by atoms with E-state index in [2.05, 4.69) is 5.73 Å². The lowest BCUT2D eigenvalue weighted by Crippen LogP contribution is -2.43. The zero-order valence-corrected chi connectivity index (χ0v) is 9.54. The molecule has 0 heterocycles. The Labute approximate surface area is 84.9 Å². The van der Waals surface area contributed by atoms with Gasteiger partial charge in [-0.3, -0.25) is 0 Å². The molecule has 0 aliphatic heterocycles. The summed E-state index contributed by atoms with van der Waals surface area (Å²) in [7, 11) is 1.50. The highest BCUT2D eigenvalue weighted by molar-refractivity contribution is 4.92. The molecule has 0 radical (unpaired) electrons. The maximum absolute atomic E-state index is 12.2. The van der Waals surface area contributed by atoms with E-state index in [9.17, 15) is 13.2 Å². The van der Waals surface area contributed by atoms with Crippen LogP contribution in [0.2, 0.25) is 0 Å². The number of halogens is 3. The molecule has 1 nitrogen and oxygen atoms in total. The summed E-state index contributed by atoms with van der Waals surface area (Å²) >= 11 is 0. The fourth-order valence-electron chi connectivity index (χ4n) is 1.44. The quantitative estimate of drug-likeness (QED) is 0.705. The minimum Gasteiger partial charge on any atom is -0.333 e. The van der Waals surface area contributed by atoms with Crippen LogP contribution in [-0.2, 0) is 0 Å². The average Bonchev–Trinajstić information content (AvgIpc) is 2.08. The maximum atomic E-state index is 12.2. The van der Waals surface area contributed by atoms with Gasteiger partial charge in [0.2, 0.25) is 0 Å². The van der Waals surface area contributed by atoms with Gasteiger partial charge in [0, 0.05) is 0 Å². The number of rotatable bonds is 1. The van der Waals surface area contributed by atoms with Gasteiger partial charge < -0.3 is 5.73 Å². The van der Waals surface area contributed by atoms with Crippen molar-refractivity contribution in [1.29, 1.82) is 0 Å². The van der Waals surface area contributed by atoms with Crippen LogP contribution in [0.3, 0.4) is 0 Å². The highest BCUT2D eigenvalue weighted by Crippen LogP contribution is 2.54. The van der Waals surface area contributed by atoms with Crippen LogP contribution >= 0.6 is 0 Å². The Hall–Kier alpha value is -0.250. The minimum atomic E-state index is -3.96. The molecule has 0 aromatic rings. The van der Waals surface area contributed by atoms with Crippen molar-refractivity contribution in [3.8, 4) is 0 Å². The summed E-state index contributed by atoms with van der Waals surface area (Å²) in [6.07, 6.45) is -2.29. The molecule has 1 rings (SSSR count). The first-order valence-electron chi connectivity index (χ1n) is 5.16. The van der Waals surface area contributed by atoms with Crippen LogP contribution in [0.4, 0.5) is 13.2 Å². The molecule has 0 spiro atoms. The average molecular weight is 213 g/mol. The van der Waals surface area contributed by atoms with Crippen molar-refractivity contribution in [3.63, 3.8) is 0 Å². The van der Waals surface area contributed by atoms with Gasteiger partial charge >= 0.3 is 6.18 Å². The SMILES string of the molecule is CC.CCC1(C(F)(F)F)CCC1.CN. The van der Waals surface area contributed by atoms with Crippen LogP contribution < -0.4 is 5.73 Å². The highest BCUT2D eigenvalue weighted by Gasteiger charge is 2.56. The third-order valence-electron chi connectivity index (χ3n) is 2.59. The Morgan fingerprint density at radius 3 is 1.50 bits per heavy atom. The smallest absolute Gasteiger partial charge is 0.333 e. The van der Waals surface area contributed by atoms with E-state index >= 15 is 0 Å². The summed E-state index contributed by atoms with van der Waals surface area (Å²) in [6, 6.07) is 0. The molecular weight excluding hydrogens is 191 g/mol. The highest BCUT2D eigenvalue weighted by atomic mass is 19.4. The molecule has 0 atom stereocenters. The molecular formula is C10H22F3N. The van der Waals surface area contributed by atoms with Gasteiger partial charge in [-0.15, -0.1) is 0 Å². The molecule has 0 saturated heterocycles. The van der Waals surface area contributed by atoms with E-state index in [-0.39, 0.29) is 6.42 Å². The number of hydrogen-bond acceptors (Lipinski definition) is 1. The predicted molar refractivity (Wildman–Crippen MR) is 54.1 cm³/mol. The van der Waals surface area contributed by atoms with Crippen molar-refractivity contribution < 1.29 is 13.2 Å². The standard InChI is InChI=1S/C7H11F3.C2H6.CH5N/c1-2-6(4-3-5-6)7(8,9)10;2*1-2/h2-5H2,1H3;1-2H3;2H2,1H3. The van der Waals surface area contributed by atoms with Gasteiger partial charge in [-0.2, -0.15) is 13.2 Å². The third kappa shape index (κ3) is 3.48. The Kier molecular flexibility index (Phi) is 8.21. The van der Waals surface area contributed by atoms with Crippen LogP contribution in [0.5, 0.6) is 0 Å². The topological polar surface area (TPSA) is 26.0 Å². The molecule has 0 aromatic heterocycles. The van der Waals surface area contributed by atoms with E-state index in [1.165, 1.54) is 7.05 Å². The number of nitrogens with two attached hydrogens (primary N) is 1. The van der Waals surface area contributed by atoms with Crippen molar-refractivity contribution in [2.75, 3.05) is 7.05 Å². The van der Waals surface area contributed by atoms with Crippen LogP contribution in [0, 0.1) is 5.41 Å². The zero-order chi connectivity index (χ0) is 11.8. The molecule has 1 aliphatic carbocycles. The Bertz CT molecular complexity index is 122. The molecule has 0 aromatic carbocycles. The normalized spacial score (nSPS) is 18.0. The molecule has 88 valence electrons. The van der Waals surface area contributed by atoms with E-state index in [1.807, 2.05) is 13.8 Å². The summed E-state index contributed by atoms with van der Waals surface area (Å²) < 4.78 is 36.5. The molecule has 14 heavy (non-hydrogen) atoms. The van der Waals surface area contributed by atoms with Gasteiger partial charge in [0.1, 0.15) is 0 Å². The van der Waals surface area contributed by atoms with Gasteiger partial charge in [0.25, 0.3) is 0 Å². The first-order valence-corrected chi connectivity index (χ1v) is 5.16. The number of alkyl halides is 3. The predicted octanol–water partition coefficient (Wildman–Crippen LogP) is 3.73. The Balaban J connectivity index is 0. The van der Waals surface area contributed by atoms with Gasteiger partial charge in [-0.1, -0.05) is 27.2 Å². The zero-order valence-electron chi connectivity index (χ0n) is 9.54. The van der Waals surface area contributed by atoms with Gasteiger partial charge in [0.05, 0.1) is 5.41 Å². The van der Waals surface area contributed by atoms with E-state index in [0.717, 1.165) is 6.42 Å². The lowest BCUT2D eigenvalue weighted by molar-refractivity contribution is -0.251. The molecule has 0 unspecified atom stereocenters. The fraction of sp³-hybridized carbons (Fsp3) is 1.00. The van der Waals surface area contributed by atoms with Crippen LogP contribution in [0.1, 0.15) is 46.5 Å². The van der Waals surface area contributed by atoms with Crippen LogP contribution in [-0.4, -0.2) is 13.2 Å². The second-order valence-corrected chi connectivity index (χ2v) is 2.99. The van der Waals surface area contributed by atoms with Gasteiger partial charge in [0.15, 0.2) is 0 Å². The summed E-state index contributed by atoms with van der Waals surface area (Å²) in [6.45, 7) is 5.62. The number of hydrogen-bond donors (Lipinski definition) is 1. The Morgan fingerprint density at radius 2 is 1.50 bits per heavy atom. The Morgan fingerprint density at radius 1 is 1.14 bits per heavy atom. The van der Waals surface area contributed by atoms with Crippen molar-refractivity contribution in [1.82, 2.24) is 0 Å². The summed E-state index contributed by atoms with van der Waals surface area (Å²) in [4.78, 5) is 0. The minimum absolute atomic E-state index is 0.247. The summed E-state index contributed by atoms with van der Waals surface area (Å²) in [5.41, 5.74) is 3.20. The summed E-state index contributed by atoms with van der Waals surface area (Å²) in [5, 5.41) is 0. The second-order valence-electron chi connectivity index (χ2n) is 2.99. The second kappa shape index (κ2) is 7.10. The third-order valence-corrected chi connectivity index (χ3v) is 2.59. The maximum Gasteiger partial charge on any atom is 0.394 e. The largest absolute Gasteiger partial charge is 0.394 e. The molecule has 2 N–H and O–H groups in total. The molecule has 1 fully saturated rings. The van der Waals surface area contributed by atoms with E-state index < -0.39 is 11.6 Å². The van der Waals surface area contributed by atoms with E-state index in [0.29, 0.717) is 12.8 Å². The fourth-order valence-corrected chi connectivity index (χ4v) is 1.44. The van der Waals surface area contributed by atoms with Gasteiger partial charge in [-0.25, -0.2) is 0 Å². The lowest BCUT2D eigenvalue weighted by Gasteiger charge is -2.42. The molecule has 1 aliphatic rings. The first-order chi connectivity index (χ1) is 6.52. The lowest BCUT2D eigenvalue weighted by atomic mass is 9.66. The molecule has 0 amide bonds. The monoisotopic (exact) mass is 213 g/mol. The first kappa shape index (κ1) is 16.2. The van der Waals surface area contributed by atoms with Crippen molar-refractivity contribution >= 4 is 0 Å². The van der Waals surface area contributed by atoms with E-state index in [4.69, 9.17) is 0 Å². The van der Waals surface area contributed by atoms with Crippen LogP contribution in [0.15, 0.2) is 0 Å². The summed E-state index contributed by atoms with van der Waals surface area (Å²) in [5.74, 6) is 0. The van der Waals surface area contributed by atoms with Crippen molar-refractivity contribution in [2.45, 2.75) is 52.6 Å². The van der Waals surface area contributed by atoms with E-state index in [1.54, 1.807) is 6.92 Å². The van der Waals surface area contributed by atoms with Crippen molar-refractivity contribution in [3.05, 3.63) is 0 Å². The molecule has 1 saturated carbocycles.